The van der Waals surface area contributed by atoms with Gasteiger partial charge in [-0.3, -0.25) is 4.68 Å². The Bertz CT molecular complexity index is 633. The Hall–Kier alpha value is -1.69. The molecule has 0 N–H and O–H groups in total. The van der Waals surface area contributed by atoms with E-state index < -0.39 is 0 Å². The molecule has 2 aromatic rings. The maximum atomic E-state index is 5.69. The van der Waals surface area contributed by atoms with Crippen LogP contribution < -0.4 is 4.90 Å². The second-order valence-corrected chi connectivity index (χ2v) is 6.02. The molecule has 1 fully saturated rings. The van der Waals surface area contributed by atoms with E-state index >= 15 is 0 Å². The SMILES string of the molecule is CCc1nc(N(C)CCCC2CCCO2)c2cnn(C)c2n1. The minimum atomic E-state index is 0.461. The molecule has 0 aliphatic carbocycles. The van der Waals surface area contributed by atoms with Crippen molar-refractivity contribution in [2.24, 2.45) is 7.05 Å². The van der Waals surface area contributed by atoms with Crippen molar-refractivity contribution in [1.29, 1.82) is 0 Å². The molecular weight excluding hydrogens is 278 g/mol. The van der Waals surface area contributed by atoms with Crippen molar-refractivity contribution in [3.63, 3.8) is 0 Å². The lowest BCUT2D eigenvalue weighted by Gasteiger charge is -2.20. The molecule has 0 spiro atoms. The summed E-state index contributed by atoms with van der Waals surface area (Å²) in [7, 11) is 4.03. The third-order valence-electron chi connectivity index (χ3n) is 4.34. The highest BCUT2D eigenvalue weighted by atomic mass is 16.5. The van der Waals surface area contributed by atoms with Crippen molar-refractivity contribution >= 4 is 16.9 Å². The van der Waals surface area contributed by atoms with Gasteiger partial charge in [0.05, 0.1) is 17.7 Å². The molecule has 0 saturated carbocycles. The number of fused-ring (bicyclic) bond motifs is 1. The standard InChI is InChI=1S/C16H25N5O/c1-4-14-18-15(13-11-17-21(3)16(13)19-14)20(2)9-5-7-12-8-6-10-22-12/h11-12H,4-10H2,1-3H3. The normalized spacial score (nSPS) is 18.2. The molecule has 3 heterocycles. The lowest BCUT2D eigenvalue weighted by Crippen LogP contribution is -2.22. The summed E-state index contributed by atoms with van der Waals surface area (Å²) in [5.41, 5.74) is 0.910. The molecule has 0 radical (unpaired) electrons. The Morgan fingerprint density at radius 3 is 3.00 bits per heavy atom. The van der Waals surface area contributed by atoms with Crippen molar-refractivity contribution in [2.75, 3.05) is 25.1 Å². The van der Waals surface area contributed by atoms with E-state index in [1.54, 1.807) is 0 Å². The summed E-state index contributed by atoms with van der Waals surface area (Å²) in [6.45, 7) is 3.99. The first-order valence-corrected chi connectivity index (χ1v) is 8.20. The molecule has 2 aromatic heterocycles. The molecule has 1 aliphatic rings. The van der Waals surface area contributed by atoms with Gasteiger partial charge in [0.1, 0.15) is 11.6 Å². The van der Waals surface area contributed by atoms with Crippen LogP contribution in [0.5, 0.6) is 0 Å². The largest absolute Gasteiger partial charge is 0.378 e. The van der Waals surface area contributed by atoms with Crippen molar-refractivity contribution in [3.8, 4) is 0 Å². The van der Waals surface area contributed by atoms with Gasteiger partial charge in [0, 0.05) is 33.7 Å². The van der Waals surface area contributed by atoms with Crippen LogP contribution in [0.25, 0.3) is 11.0 Å². The molecule has 6 heteroatoms. The van der Waals surface area contributed by atoms with Crippen molar-refractivity contribution < 1.29 is 4.74 Å². The van der Waals surface area contributed by atoms with Crippen LogP contribution in [0.15, 0.2) is 6.20 Å². The van der Waals surface area contributed by atoms with Crippen LogP contribution in [0, 0.1) is 0 Å². The van der Waals surface area contributed by atoms with Gasteiger partial charge in [0.15, 0.2) is 5.65 Å². The molecule has 6 nitrogen and oxygen atoms in total. The lowest BCUT2D eigenvalue weighted by atomic mass is 10.1. The van der Waals surface area contributed by atoms with E-state index in [0.717, 1.165) is 55.1 Å². The maximum absolute atomic E-state index is 5.69. The smallest absolute Gasteiger partial charge is 0.163 e. The first-order chi connectivity index (χ1) is 10.7. The van der Waals surface area contributed by atoms with E-state index in [1.165, 1.54) is 12.8 Å². The quantitative estimate of drug-likeness (QED) is 0.819. The number of hydrogen-bond donors (Lipinski definition) is 0. The zero-order valence-corrected chi connectivity index (χ0v) is 13.7. The van der Waals surface area contributed by atoms with E-state index in [9.17, 15) is 0 Å². The maximum Gasteiger partial charge on any atom is 0.163 e. The first-order valence-electron chi connectivity index (χ1n) is 8.20. The second-order valence-electron chi connectivity index (χ2n) is 6.02. The summed E-state index contributed by atoms with van der Waals surface area (Å²) in [6.07, 6.45) is 7.83. The number of ether oxygens (including phenoxy) is 1. The number of nitrogens with zero attached hydrogens (tertiary/aromatic N) is 5. The van der Waals surface area contributed by atoms with Gasteiger partial charge in [-0.05, 0) is 25.7 Å². The predicted octanol–water partition coefficient (Wildman–Crippen LogP) is 2.32. The van der Waals surface area contributed by atoms with Crippen LogP contribution in [-0.2, 0) is 18.2 Å². The number of anilines is 1. The van der Waals surface area contributed by atoms with E-state index in [4.69, 9.17) is 9.72 Å². The molecule has 1 unspecified atom stereocenters. The van der Waals surface area contributed by atoms with E-state index in [0.29, 0.717) is 6.10 Å². The highest BCUT2D eigenvalue weighted by molar-refractivity contribution is 5.86. The fourth-order valence-electron chi connectivity index (χ4n) is 3.03. The summed E-state index contributed by atoms with van der Waals surface area (Å²) < 4.78 is 7.51. The number of hydrogen-bond acceptors (Lipinski definition) is 5. The number of aryl methyl sites for hydroxylation is 2. The van der Waals surface area contributed by atoms with Crippen LogP contribution in [0.3, 0.4) is 0 Å². The Balaban J connectivity index is 1.73. The molecule has 1 saturated heterocycles. The molecule has 1 aliphatic heterocycles. The van der Waals surface area contributed by atoms with Crippen LogP contribution in [0.1, 0.15) is 38.4 Å². The summed E-state index contributed by atoms with van der Waals surface area (Å²) in [5, 5.41) is 5.35. The van der Waals surface area contributed by atoms with Crippen LogP contribution in [-0.4, -0.2) is 46.1 Å². The third-order valence-corrected chi connectivity index (χ3v) is 4.34. The Kier molecular flexibility index (Phi) is 4.57. The minimum absolute atomic E-state index is 0.461. The molecule has 3 rings (SSSR count). The van der Waals surface area contributed by atoms with E-state index in [2.05, 4.69) is 29.0 Å². The van der Waals surface area contributed by atoms with Gasteiger partial charge in [-0.25, -0.2) is 9.97 Å². The third kappa shape index (κ3) is 3.06. The summed E-state index contributed by atoms with van der Waals surface area (Å²) in [4.78, 5) is 11.5. The summed E-state index contributed by atoms with van der Waals surface area (Å²) in [6, 6.07) is 0. The minimum Gasteiger partial charge on any atom is -0.378 e. The van der Waals surface area contributed by atoms with Gasteiger partial charge in [0.25, 0.3) is 0 Å². The van der Waals surface area contributed by atoms with Gasteiger partial charge in [-0.1, -0.05) is 6.92 Å². The molecule has 0 amide bonds. The zero-order valence-electron chi connectivity index (χ0n) is 13.7. The molecule has 1 atom stereocenters. The summed E-state index contributed by atoms with van der Waals surface area (Å²) >= 11 is 0. The van der Waals surface area contributed by atoms with Gasteiger partial charge in [-0.2, -0.15) is 5.10 Å². The van der Waals surface area contributed by atoms with Crippen LogP contribution in [0.2, 0.25) is 0 Å². The topological polar surface area (TPSA) is 56.1 Å². The van der Waals surface area contributed by atoms with E-state index in [-0.39, 0.29) is 0 Å². The predicted molar refractivity (Wildman–Crippen MR) is 87.2 cm³/mol. The lowest BCUT2D eigenvalue weighted by molar-refractivity contribution is 0.103. The highest BCUT2D eigenvalue weighted by Gasteiger charge is 2.17. The van der Waals surface area contributed by atoms with Gasteiger partial charge < -0.3 is 9.64 Å². The first kappa shape index (κ1) is 15.2. The Morgan fingerprint density at radius 1 is 1.41 bits per heavy atom. The molecule has 0 bridgehead atoms. The Labute approximate surface area is 131 Å². The van der Waals surface area contributed by atoms with Crippen molar-refractivity contribution in [2.45, 2.75) is 45.1 Å². The number of rotatable bonds is 6. The van der Waals surface area contributed by atoms with Crippen LogP contribution >= 0.6 is 0 Å². The molecular formula is C16H25N5O. The monoisotopic (exact) mass is 303 g/mol. The van der Waals surface area contributed by atoms with Crippen molar-refractivity contribution in [1.82, 2.24) is 19.7 Å². The van der Waals surface area contributed by atoms with Gasteiger partial charge in [-0.15, -0.1) is 0 Å². The average molecular weight is 303 g/mol. The fourth-order valence-corrected chi connectivity index (χ4v) is 3.03. The summed E-state index contributed by atoms with van der Waals surface area (Å²) in [5.74, 6) is 1.86. The van der Waals surface area contributed by atoms with E-state index in [1.807, 2.05) is 17.9 Å². The second kappa shape index (κ2) is 6.60. The molecule has 22 heavy (non-hydrogen) atoms. The van der Waals surface area contributed by atoms with Gasteiger partial charge >= 0.3 is 0 Å². The molecule has 0 aromatic carbocycles. The zero-order chi connectivity index (χ0) is 15.5. The van der Waals surface area contributed by atoms with Gasteiger partial charge in [0.2, 0.25) is 0 Å². The fraction of sp³-hybridized carbons (Fsp3) is 0.688. The average Bonchev–Trinajstić information content (AvgIpc) is 3.16. The number of aromatic nitrogens is 4. The Morgan fingerprint density at radius 2 is 2.27 bits per heavy atom. The van der Waals surface area contributed by atoms with Crippen molar-refractivity contribution in [3.05, 3.63) is 12.0 Å². The van der Waals surface area contributed by atoms with Crippen LogP contribution in [0.4, 0.5) is 5.82 Å². The highest BCUT2D eigenvalue weighted by Crippen LogP contribution is 2.24. The molecule has 120 valence electrons.